The minimum absolute atomic E-state index is 0.0389. The van der Waals surface area contributed by atoms with Gasteiger partial charge in [0.1, 0.15) is 16.9 Å². The molecule has 1 amide bonds. The summed E-state index contributed by atoms with van der Waals surface area (Å²) >= 11 is 0. The second kappa shape index (κ2) is 6.96. The molecule has 1 N–H and O–H groups in total. The van der Waals surface area contributed by atoms with Crippen LogP contribution in [0.4, 0.5) is 0 Å². The summed E-state index contributed by atoms with van der Waals surface area (Å²) in [5, 5.41) is 3.42. The Morgan fingerprint density at radius 1 is 1.21 bits per heavy atom. The zero-order valence-corrected chi connectivity index (χ0v) is 16.6. The molecule has 1 aromatic carbocycles. The van der Waals surface area contributed by atoms with Crippen molar-refractivity contribution in [1.82, 2.24) is 15.2 Å². The summed E-state index contributed by atoms with van der Waals surface area (Å²) in [5.41, 5.74) is 0.522. The first-order valence-electron chi connectivity index (χ1n) is 9.71. The standard InChI is InChI=1S/C21H21N3O4S/c25-21(23-15-8-14-6-7-24(11-14)12-15)18-9-17-19(10-22-18)28-13-20(17)29(26,27)16-4-2-1-3-5-16/h1-5,9-10,13-15H,6-8,11-12H2,(H,23,25). The lowest BCUT2D eigenvalue weighted by Crippen LogP contribution is -2.47. The summed E-state index contributed by atoms with van der Waals surface area (Å²) in [6.07, 6.45) is 4.78. The quantitative estimate of drug-likeness (QED) is 0.709. The first-order valence-corrected chi connectivity index (χ1v) is 11.2. The van der Waals surface area contributed by atoms with Crippen LogP contribution in [0.5, 0.6) is 0 Å². The molecular weight excluding hydrogens is 390 g/mol. The van der Waals surface area contributed by atoms with Crippen molar-refractivity contribution in [2.24, 2.45) is 5.92 Å². The fraction of sp³-hybridized carbons (Fsp3) is 0.333. The van der Waals surface area contributed by atoms with Gasteiger partial charge in [-0.05, 0) is 43.5 Å². The average Bonchev–Trinajstić information content (AvgIpc) is 3.31. The minimum Gasteiger partial charge on any atom is -0.461 e. The van der Waals surface area contributed by atoms with Gasteiger partial charge in [0.2, 0.25) is 9.84 Å². The van der Waals surface area contributed by atoms with E-state index in [2.05, 4.69) is 15.2 Å². The third kappa shape index (κ3) is 3.32. The number of aromatic nitrogens is 1. The lowest BCUT2D eigenvalue weighted by molar-refractivity contribution is 0.0904. The molecule has 4 heterocycles. The molecule has 3 atom stereocenters. The van der Waals surface area contributed by atoms with Crippen molar-refractivity contribution in [2.45, 2.75) is 28.7 Å². The van der Waals surface area contributed by atoms with E-state index in [1.54, 1.807) is 18.2 Å². The van der Waals surface area contributed by atoms with Crippen molar-refractivity contribution in [3.05, 3.63) is 54.6 Å². The van der Waals surface area contributed by atoms with Crippen LogP contribution < -0.4 is 5.32 Å². The minimum atomic E-state index is -3.76. The van der Waals surface area contributed by atoms with Crippen LogP contribution >= 0.6 is 0 Å². The first-order chi connectivity index (χ1) is 14.0. The van der Waals surface area contributed by atoms with Crippen LogP contribution in [0.25, 0.3) is 11.0 Å². The number of benzene rings is 1. The number of rotatable bonds is 4. The Kier molecular flexibility index (Phi) is 4.40. The number of piperidine rings is 1. The lowest BCUT2D eigenvalue weighted by Gasteiger charge is -2.30. The van der Waals surface area contributed by atoms with E-state index in [9.17, 15) is 13.2 Å². The van der Waals surface area contributed by atoms with E-state index in [0.29, 0.717) is 16.9 Å². The van der Waals surface area contributed by atoms with E-state index in [1.165, 1.54) is 37.1 Å². The highest BCUT2D eigenvalue weighted by Crippen LogP contribution is 2.30. The number of hydrogen-bond acceptors (Lipinski definition) is 6. The Labute approximate surface area is 168 Å². The molecule has 2 aliphatic heterocycles. The van der Waals surface area contributed by atoms with Crippen LogP contribution in [0.1, 0.15) is 23.3 Å². The van der Waals surface area contributed by atoms with Gasteiger partial charge in [-0.15, -0.1) is 0 Å². The zero-order chi connectivity index (χ0) is 20.0. The van der Waals surface area contributed by atoms with E-state index < -0.39 is 9.84 Å². The van der Waals surface area contributed by atoms with Crippen molar-refractivity contribution in [2.75, 3.05) is 19.6 Å². The molecule has 2 aromatic heterocycles. The Balaban J connectivity index is 1.44. The van der Waals surface area contributed by atoms with Crippen LogP contribution in [-0.2, 0) is 9.84 Å². The van der Waals surface area contributed by atoms with Crippen molar-refractivity contribution in [3.63, 3.8) is 0 Å². The number of furan rings is 1. The topological polar surface area (TPSA) is 92.5 Å². The molecule has 2 bridgehead atoms. The second-order valence-corrected chi connectivity index (χ2v) is 9.72. The molecule has 29 heavy (non-hydrogen) atoms. The molecular formula is C21H21N3O4S. The number of nitrogens with one attached hydrogen (secondary N) is 1. The maximum Gasteiger partial charge on any atom is 0.270 e. The molecule has 5 rings (SSSR count). The van der Waals surface area contributed by atoms with Crippen LogP contribution in [-0.4, -0.2) is 49.9 Å². The number of carbonyl (C=O) groups is 1. The number of fused-ring (bicyclic) bond motifs is 3. The Morgan fingerprint density at radius 3 is 2.83 bits per heavy atom. The predicted octanol–water partition coefficient (Wildman–Crippen LogP) is 2.48. The van der Waals surface area contributed by atoms with Crippen LogP contribution in [0.15, 0.2) is 63.1 Å². The van der Waals surface area contributed by atoms with E-state index >= 15 is 0 Å². The third-order valence-electron chi connectivity index (χ3n) is 5.80. The van der Waals surface area contributed by atoms with Crippen molar-refractivity contribution in [3.8, 4) is 0 Å². The van der Waals surface area contributed by atoms with E-state index in [-0.39, 0.29) is 27.4 Å². The molecule has 0 aliphatic carbocycles. The molecule has 0 saturated carbocycles. The Bertz CT molecular complexity index is 1160. The van der Waals surface area contributed by atoms with Gasteiger partial charge in [0, 0.05) is 24.5 Å². The summed E-state index contributed by atoms with van der Waals surface area (Å²) in [7, 11) is -3.76. The van der Waals surface area contributed by atoms with E-state index in [1.807, 2.05) is 0 Å². The highest BCUT2D eigenvalue weighted by molar-refractivity contribution is 7.91. The number of pyridine rings is 1. The number of carbonyl (C=O) groups excluding carboxylic acids is 1. The number of amides is 1. The molecule has 3 unspecified atom stereocenters. The van der Waals surface area contributed by atoms with Crippen molar-refractivity contribution in [1.29, 1.82) is 0 Å². The number of nitrogens with zero attached hydrogens (tertiary/aromatic N) is 2. The van der Waals surface area contributed by atoms with E-state index in [4.69, 9.17) is 4.42 Å². The molecule has 2 saturated heterocycles. The summed E-state index contributed by atoms with van der Waals surface area (Å²) in [6.45, 7) is 3.06. The Hall–Kier alpha value is -2.71. The van der Waals surface area contributed by atoms with Crippen molar-refractivity contribution >= 4 is 26.7 Å². The number of sulfone groups is 1. The maximum absolute atomic E-state index is 13.0. The SMILES string of the molecule is O=C(NC1CC2CCN(C2)C1)c1cc2c(S(=O)(=O)c3ccccc3)coc2cn1. The summed E-state index contributed by atoms with van der Waals surface area (Å²) < 4.78 is 31.4. The van der Waals surface area contributed by atoms with Gasteiger partial charge >= 0.3 is 0 Å². The van der Waals surface area contributed by atoms with Crippen LogP contribution in [0, 0.1) is 5.92 Å². The zero-order valence-electron chi connectivity index (χ0n) is 15.7. The van der Waals surface area contributed by atoms with Crippen LogP contribution in [0.3, 0.4) is 0 Å². The fourth-order valence-corrected chi connectivity index (χ4v) is 5.79. The highest BCUT2D eigenvalue weighted by atomic mass is 32.2. The largest absolute Gasteiger partial charge is 0.461 e. The maximum atomic E-state index is 13.0. The molecule has 0 spiro atoms. The van der Waals surface area contributed by atoms with Gasteiger partial charge in [-0.25, -0.2) is 13.4 Å². The monoisotopic (exact) mass is 411 g/mol. The summed E-state index contributed by atoms with van der Waals surface area (Å²) in [4.78, 5) is 19.5. The molecule has 3 aromatic rings. The molecule has 8 heteroatoms. The van der Waals surface area contributed by atoms with Gasteiger partial charge in [-0.2, -0.15) is 0 Å². The summed E-state index contributed by atoms with van der Waals surface area (Å²) in [5.74, 6) is 0.352. The fourth-order valence-electron chi connectivity index (χ4n) is 4.39. The number of hydrogen-bond donors (Lipinski definition) is 1. The molecule has 150 valence electrons. The molecule has 0 radical (unpaired) electrons. The van der Waals surface area contributed by atoms with Gasteiger partial charge in [0.15, 0.2) is 5.58 Å². The van der Waals surface area contributed by atoms with Gasteiger partial charge in [-0.1, -0.05) is 18.2 Å². The van der Waals surface area contributed by atoms with Crippen LogP contribution in [0.2, 0.25) is 0 Å². The second-order valence-electron chi connectivity index (χ2n) is 7.80. The predicted molar refractivity (Wildman–Crippen MR) is 106 cm³/mol. The highest BCUT2D eigenvalue weighted by Gasteiger charge is 2.33. The first kappa shape index (κ1) is 18.3. The third-order valence-corrected chi connectivity index (χ3v) is 7.59. The van der Waals surface area contributed by atoms with Crippen molar-refractivity contribution < 1.29 is 17.6 Å². The summed E-state index contributed by atoms with van der Waals surface area (Å²) in [6, 6.07) is 9.77. The molecule has 7 nitrogen and oxygen atoms in total. The van der Waals surface area contributed by atoms with Gasteiger partial charge in [0.05, 0.1) is 11.1 Å². The average molecular weight is 411 g/mol. The lowest BCUT2D eigenvalue weighted by atomic mass is 9.97. The molecule has 2 aliphatic rings. The van der Waals surface area contributed by atoms with Gasteiger partial charge in [-0.3, -0.25) is 4.79 Å². The van der Waals surface area contributed by atoms with Gasteiger partial charge < -0.3 is 14.6 Å². The molecule has 2 fully saturated rings. The smallest absolute Gasteiger partial charge is 0.270 e. The van der Waals surface area contributed by atoms with E-state index in [0.717, 1.165) is 26.1 Å². The van der Waals surface area contributed by atoms with Gasteiger partial charge in [0.25, 0.3) is 5.91 Å². The normalized spacial score (nSPS) is 23.9. The Morgan fingerprint density at radius 2 is 2.03 bits per heavy atom.